The Labute approximate surface area is 197 Å². The molecule has 1 amide bonds. The Morgan fingerprint density at radius 1 is 1.18 bits per heavy atom. The number of carbonyl (C=O) groups excluding carboxylic acids is 1. The predicted molar refractivity (Wildman–Crippen MR) is 127 cm³/mol. The first-order valence-corrected chi connectivity index (χ1v) is 11.1. The summed E-state index contributed by atoms with van der Waals surface area (Å²) in [4.78, 5) is 20.8. The van der Waals surface area contributed by atoms with Gasteiger partial charge in [-0.15, -0.1) is 0 Å². The van der Waals surface area contributed by atoms with Crippen LogP contribution in [-0.2, 0) is 11.2 Å². The summed E-state index contributed by atoms with van der Waals surface area (Å²) in [6.07, 6.45) is 3.87. The van der Waals surface area contributed by atoms with Gasteiger partial charge in [0.1, 0.15) is 0 Å². The first kappa shape index (κ1) is 21.3. The second-order valence-electron chi connectivity index (χ2n) is 8.01. The summed E-state index contributed by atoms with van der Waals surface area (Å²) in [5.74, 6) is 2.13. The van der Waals surface area contributed by atoms with Crippen LogP contribution in [0, 0.1) is 0 Å². The molecule has 1 aromatic heterocycles. The lowest BCUT2D eigenvalue weighted by Gasteiger charge is -2.45. The molecule has 2 aliphatic rings. The Balaban J connectivity index is 1.34. The van der Waals surface area contributed by atoms with Gasteiger partial charge in [-0.05, 0) is 66.2 Å². The number of piperazine rings is 1. The fourth-order valence-corrected chi connectivity index (χ4v) is 4.74. The molecule has 0 bridgehead atoms. The number of fused-ring (bicyclic) bond motifs is 3. The molecule has 1 atom stereocenters. The molecule has 1 unspecified atom stereocenters. The number of rotatable bonds is 4. The van der Waals surface area contributed by atoms with E-state index in [4.69, 9.17) is 26.1 Å². The van der Waals surface area contributed by atoms with Crippen LogP contribution in [0.5, 0.6) is 11.5 Å². The van der Waals surface area contributed by atoms with Crippen LogP contribution in [0.15, 0.2) is 53.4 Å². The Morgan fingerprint density at radius 2 is 1.94 bits per heavy atom. The minimum absolute atomic E-state index is 0.0662. The SMILES string of the molecule is COc1cc2c(cc1OC)C1CN(C(=S)Nc3ccc(-c4cnco4)cc3)CC(=O)N1CC2. The molecule has 3 aromatic rings. The number of amides is 1. The summed E-state index contributed by atoms with van der Waals surface area (Å²) in [5, 5.41) is 3.78. The molecule has 8 nitrogen and oxygen atoms in total. The largest absolute Gasteiger partial charge is 0.493 e. The highest BCUT2D eigenvalue weighted by Gasteiger charge is 2.38. The molecular formula is C24H24N4O4S. The summed E-state index contributed by atoms with van der Waals surface area (Å²) in [6, 6.07) is 11.6. The quantitative estimate of drug-likeness (QED) is 0.588. The number of carbonyl (C=O) groups is 1. The van der Waals surface area contributed by atoms with Crippen LogP contribution in [0.4, 0.5) is 5.69 Å². The summed E-state index contributed by atoms with van der Waals surface area (Å²) in [6.45, 7) is 1.54. The van der Waals surface area contributed by atoms with Crippen LogP contribution in [-0.4, -0.2) is 59.7 Å². The van der Waals surface area contributed by atoms with Gasteiger partial charge < -0.3 is 29.0 Å². The Morgan fingerprint density at radius 3 is 2.64 bits per heavy atom. The number of aromatic nitrogens is 1. The Kier molecular flexibility index (Phi) is 5.63. The molecule has 9 heteroatoms. The molecule has 0 saturated carbocycles. The number of oxazole rings is 1. The minimum atomic E-state index is -0.0941. The maximum Gasteiger partial charge on any atom is 0.242 e. The van der Waals surface area contributed by atoms with Crippen LogP contribution in [0.3, 0.4) is 0 Å². The molecule has 0 spiro atoms. The Bertz CT molecular complexity index is 1180. The molecular weight excluding hydrogens is 440 g/mol. The number of methoxy groups -OCH3 is 2. The van der Waals surface area contributed by atoms with E-state index in [2.05, 4.69) is 10.3 Å². The lowest BCUT2D eigenvalue weighted by molar-refractivity contribution is -0.138. The van der Waals surface area contributed by atoms with Gasteiger partial charge in [0.05, 0.1) is 33.0 Å². The van der Waals surface area contributed by atoms with Crippen molar-refractivity contribution in [2.24, 2.45) is 0 Å². The predicted octanol–water partition coefficient (Wildman–Crippen LogP) is 3.50. The number of nitrogens with one attached hydrogen (secondary N) is 1. The van der Waals surface area contributed by atoms with E-state index < -0.39 is 0 Å². The average molecular weight is 465 g/mol. The van der Waals surface area contributed by atoms with Gasteiger partial charge in [-0.2, -0.15) is 0 Å². The summed E-state index contributed by atoms with van der Waals surface area (Å²) in [5.41, 5.74) is 4.02. The van der Waals surface area contributed by atoms with Crippen molar-refractivity contribution in [3.8, 4) is 22.8 Å². The highest BCUT2D eigenvalue weighted by molar-refractivity contribution is 7.80. The fraction of sp³-hybridized carbons (Fsp3) is 0.292. The van der Waals surface area contributed by atoms with Crippen molar-refractivity contribution in [1.82, 2.24) is 14.8 Å². The van der Waals surface area contributed by atoms with Crippen molar-refractivity contribution in [3.05, 3.63) is 60.1 Å². The molecule has 0 aliphatic carbocycles. The van der Waals surface area contributed by atoms with Gasteiger partial charge in [0.2, 0.25) is 5.91 Å². The number of anilines is 1. The molecule has 2 aromatic carbocycles. The van der Waals surface area contributed by atoms with E-state index in [-0.39, 0.29) is 18.5 Å². The van der Waals surface area contributed by atoms with Crippen molar-refractivity contribution in [2.75, 3.05) is 39.2 Å². The van der Waals surface area contributed by atoms with Gasteiger partial charge in [-0.1, -0.05) is 0 Å². The molecule has 1 saturated heterocycles. The van der Waals surface area contributed by atoms with E-state index in [1.165, 1.54) is 12.0 Å². The summed E-state index contributed by atoms with van der Waals surface area (Å²) >= 11 is 5.67. The second kappa shape index (κ2) is 8.74. The van der Waals surface area contributed by atoms with Gasteiger partial charge in [-0.25, -0.2) is 4.98 Å². The third kappa shape index (κ3) is 4.00. The molecule has 5 rings (SSSR count). The number of thiocarbonyl (C=S) groups is 1. The molecule has 2 aliphatic heterocycles. The molecule has 170 valence electrons. The van der Waals surface area contributed by atoms with E-state index in [9.17, 15) is 4.79 Å². The van der Waals surface area contributed by atoms with Gasteiger partial charge in [0, 0.05) is 24.3 Å². The highest BCUT2D eigenvalue weighted by atomic mass is 32.1. The first-order valence-electron chi connectivity index (χ1n) is 10.7. The van der Waals surface area contributed by atoms with E-state index in [0.717, 1.165) is 23.2 Å². The average Bonchev–Trinajstić information content (AvgIpc) is 3.38. The summed E-state index contributed by atoms with van der Waals surface area (Å²) in [7, 11) is 3.25. The maximum absolute atomic E-state index is 13.0. The molecule has 3 heterocycles. The van der Waals surface area contributed by atoms with Crippen molar-refractivity contribution >= 4 is 28.9 Å². The van der Waals surface area contributed by atoms with Crippen molar-refractivity contribution in [1.29, 1.82) is 0 Å². The highest BCUT2D eigenvalue weighted by Crippen LogP contribution is 2.39. The zero-order valence-electron chi connectivity index (χ0n) is 18.4. The number of ether oxygens (including phenoxy) is 2. The second-order valence-corrected chi connectivity index (χ2v) is 8.40. The van der Waals surface area contributed by atoms with Crippen molar-refractivity contribution in [3.63, 3.8) is 0 Å². The van der Waals surface area contributed by atoms with Crippen LogP contribution in [0.1, 0.15) is 17.2 Å². The smallest absolute Gasteiger partial charge is 0.242 e. The third-order valence-electron chi connectivity index (χ3n) is 6.18. The maximum atomic E-state index is 13.0. The van der Waals surface area contributed by atoms with Crippen molar-refractivity contribution in [2.45, 2.75) is 12.5 Å². The normalized spacial score (nSPS) is 17.3. The van der Waals surface area contributed by atoms with Gasteiger partial charge in [0.25, 0.3) is 0 Å². The van der Waals surface area contributed by atoms with Crippen molar-refractivity contribution < 1.29 is 18.7 Å². The van der Waals surface area contributed by atoms with Crippen LogP contribution >= 0.6 is 12.2 Å². The zero-order valence-corrected chi connectivity index (χ0v) is 19.2. The molecule has 0 radical (unpaired) electrons. The number of nitrogens with zero attached hydrogens (tertiary/aromatic N) is 3. The van der Waals surface area contributed by atoms with E-state index in [0.29, 0.717) is 35.5 Å². The lowest BCUT2D eigenvalue weighted by Crippen LogP contribution is -2.56. The van der Waals surface area contributed by atoms with Crippen LogP contribution < -0.4 is 14.8 Å². The summed E-state index contributed by atoms with van der Waals surface area (Å²) < 4.78 is 16.3. The van der Waals surface area contributed by atoms with Crippen LogP contribution in [0.2, 0.25) is 0 Å². The zero-order chi connectivity index (χ0) is 22.9. The molecule has 1 fully saturated rings. The molecule has 1 N–H and O–H groups in total. The number of benzene rings is 2. The Hall–Kier alpha value is -3.59. The minimum Gasteiger partial charge on any atom is -0.493 e. The van der Waals surface area contributed by atoms with Gasteiger partial charge in [-0.3, -0.25) is 4.79 Å². The van der Waals surface area contributed by atoms with E-state index in [1.807, 2.05) is 46.2 Å². The first-order chi connectivity index (χ1) is 16.1. The fourth-order valence-electron chi connectivity index (χ4n) is 4.48. The number of hydrogen-bond acceptors (Lipinski definition) is 6. The topological polar surface area (TPSA) is 80.1 Å². The monoisotopic (exact) mass is 464 g/mol. The third-order valence-corrected chi connectivity index (χ3v) is 6.54. The lowest BCUT2D eigenvalue weighted by atomic mass is 9.90. The van der Waals surface area contributed by atoms with Gasteiger partial charge >= 0.3 is 0 Å². The van der Waals surface area contributed by atoms with Gasteiger partial charge in [0.15, 0.2) is 28.8 Å². The standard InChI is InChI=1S/C24H24N4O4S/c1-30-20-9-16-7-8-28-19(18(16)10-21(20)31-2)12-27(13-23(28)29)24(33)26-17-5-3-15(4-6-17)22-11-25-14-32-22/h3-6,9-11,14,19H,7-8,12-13H2,1-2H3,(H,26,33). The van der Waals surface area contributed by atoms with Crippen LogP contribution in [0.25, 0.3) is 11.3 Å². The number of hydrogen-bond donors (Lipinski definition) is 1. The van der Waals surface area contributed by atoms with E-state index >= 15 is 0 Å². The van der Waals surface area contributed by atoms with E-state index in [1.54, 1.807) is 20.4 Å². The molecule has 33 heavy (non-hydrogen) atoms.